The van der Waals surface area contributed by atoms with Gasteiger partial charge in [-0.25, -0.2) is 4.98 Å². The van der Waals surface area contributed by atoms with Gasteiger partial charge in [-0.05, 0) is 41.9 Å². The van der Waals surface area contributed by atoms with Crippen LogP contribution in [-0.2, 0) is 0 Å². The van der Waals surface area contributed by atoms with Crippen LogP contribution in [0.15, 0.2) is 47.0 Å². The number of oxazole rings is 1. The van der Waals surface area contributed by atoms with Gasteiger partial charge in [-0.3, -0.25) is 4.98 Å². The van der Waals surface area contributed by atoms with Crippen molar-refractivity contribution in [1.82, 2.24) is 9.97 Å². The van der Waals surface area contributed by atoms with E-state index >= 15 is 0 Å². The van der Waals surface area contributed by atoms with Crippen LogP contribution in [0.1, 0.15) is 5.56 Å². The molecule has 0 atom stereocenters. The van der Waals surface area contributed by atoms with Gasteiger partial charge < -0.3 is 9.15 Å². The van der Waals surface area contributed by atoms with Crippen molar-refractivity contribution in [2.45, 2.75) is 0 Å². The highest BCUT2D eigenvalue weighted by Crippen LogP contribution is 2.33. The van der Waals surface area contributed by atoms with Gasteiger partial charge in [-0.2, -0.15) is 5.26 Å². The van der Waals surface area contributed by atoms with E-state index in [0.29, 0.717) is 34.2 Å². The summed E-state index contributed by atoms with van der Waals surface area (Å²) in [5, 5.41) is 9.22. The van der Waals surface area contributed by atoms with Crippen LogP contribution in [-0.4, -0.2) is 17.1 Å². The van der Waals surface area contributed by atoms with Crippen LogP contribution in [0.25, 0.3) is 22.8 Å². The maximum atomic E-state index is 9.07. The van der Waals surface area contributed by atoms with Crippen molar-refractivity contribution < 1.29 is 9.15 Å². The molecule has 0 amide bonds. The van der Waals surface area contributed by atoms with E-state index in [1.165, 1.54) is 7.11 Å². The number of nitriles is 1. The fourth-order valence-electron chi connectivity index (χ4n) is 1.99. The van der Waals surface area contributed by atoms with Gasteiger partial charge in [0.05, 0.1) is 24.4 Å². The molecule has 6 heteroatoms. The normalized spacial score (nSPS) is 10.2. The van der Waals surface area contributed by atoms with Crippen LogP contribution >= 0.6 is 11.6 Å². The third kappa shape index (κ3) is 2.65. The lowest BCUT2D eigenvalue weighted by atomic mass is 10.1. The molecule has 5 nitrogen and oxygen atoms in total. The smallest absolute Gasteiger partial charge is 0.228 e. The Balaban J connectivity index is 2.09. The summed E-state index contributed by atoms with van der Waals surface area (Å²) in [6, 6.07) is 12.5. The lowest BCUT2D eigenvalue weighted by molar-refractivity contribution is 0.414. The molecular formula is C16H10ClN3O2. The van der Waals surface area contributed by atoms with E-state index in [4.69, 9.17) is 26.0 Å². The lowest BCUT2D eigenvalue weighted by Crippen LogP contribution is -1.87. The average Bonchev–Trinajstić information content (AvgIpc) is 2.97. The summed E-state index contributed by atoms with van der Waals surface area (Å²) in [4.78, 5) is 8.58. The second-order valence-corrected chi connectivity index (χ2v) is 4.76. The van der Waals surface area contributed by atoms with Crippen molar-refractivity contribution in [3.8, 4) is 34.7 Å². The molecule has 3 aromatic rings. The highest BCUT2D eigenvalue weighted by Gasteiger charge is 2.16. The molecular weight excluding hydrogens is 302 g/mol. The third-order valence-electron chi connectivity index (χ3n) is 3.01. The zero-order valence-electron chi connectivity index (χ0n) is 11.6. The van der Waals surface area contributed by atoms with E-state index in [1.807, 2.05) is 6.07 Å². The minimum absolute atomic E-state index is 0.148. The number of halogens is 1. The molecule has 2 aromatic heterocycles. The maximum Gasteiger partial charge on any atom is 0.228 e. The maximum absolute atomic E-state index is 9.07. The molecule has 0 saturated heterocycles. The lowest BCUT2D eigenvalue weighted by Gasteiger charge is -2.02. The highest BCUT2D eigenvalue weighted by atomic mass is 35.5. The Morgan fingerprint density at radius 1 is 1.27 bits per heavy atom. The number of pyridine rings is 1. The summed E-state index contributed by atoms with van der Waals surface area (Å²) in [6.45, 7) is 0. The molecule has 0 aliphatic carbocycles. The summed E-state index contributed by atoms with van der Waals surface area (Å²) < 4.78 is 10.7. The predicted octanol–water partition coefficient (Wildman–Crippen LogP) is 3.94. The topological polar surface area (TPSA) is 71.9 Å². The molecule has 22 heavy (non-hydrogen) atoms. The van der Waals surface area contributed by atoms with E-state index in [0.717, 1.165) is 0 Å². The number of methoxy groups -OCH3 is 1. The monoisotopic (exact) mass is 311 g/mol. The van der Waals surface area contributed by atoms with Crippen molar-refractivity contribution in [1.29, 1.82) is 5.26 Å². The Morgan fingerprint density at radius 2 is 2.14 bits per heavy atom. The number of ether oxygens (including phenoxy) is 1. The van der Waals surface area contributed by atoms with Crippen molar-refractivity contribution >= 4 is 11.6 Å². The van der Waals surface area contributed by atoms with Gasteiger partial charge in [0.1, 0.15) is 11.4 Å². The van der Waals surface area contributed by atoms with E-state index in [9.17, 15) is 0 Å². The van der Waals surface area contributed by atoms with Crippen molar-refractivity contribution in [2.75, 3.05) is 7.11 Å². The average molecular weight is 312 g/mol. The standard InChI is InChI=1S/C16H10ClN3O2/c1-21-12-7-10(9-18)6-11(8-12)16-20-14(15(17)22-16)13-4-2-3-5-19-13/h2-8H,1H3. The van der Waals surface area contributed by atoms with Gasteiger partial charge in [-0.15, -0.1) is 0 Å². The van der Waals surface area contributed by atoms with Gasteiger partial charge in [0, 0.05) is 11.8 Å². The molecule has 0 radical (unpaired) electrons. The molecule has 0 spiro atoms. The summed E-state index contributed by atoms with van der Waals surface area (Å²) in [7, 11) is 1.53. The van der Waals surface area contributed by atoms with Crippen LogP contribution in [0.4, 0.5) is 0 Å². The second-order valence-electron chi connectivity index (χ2n) is 4.42. The largest absolute Gasteiger partial charge is 0.497 e. The first-order chi connectivity index (χ1) is 10.7. The number of benzene rings is 1. The molecule has 0 N–H and O–H groups in total. The van der Waals surface area contributed by atoms with Crippen molar-refractivity contribution in [3.63, 3.8) is 0 Å². The molecule has 108 valence electrons. The minimum Gasteiger partial charge on any atom is -0.497 e. The summed E-state index contributed by atoms with van der Waals surface area (Å²) in [6.07, 6.45) is 1.65. The Morgan fingerprint density at radius 3 is 2.82 bits per heavy atom. The Bertz CT molecular complexity index is 854. The predicted molar refractivity (Wildman–Crippen MR) is 81.4 cm³/mol. The first kappa shape index (κ1) is 14.1. The summed E-state index contributed by atoms with van der Waals surface area (Å²) >= 11 is 6.11. The number of hydrogen-bond donors (Lipinski definition) is 0. The zero-order chi connectivity index (χ0) is 15.5. The van der Waals surface area contributed by atoms with Gasteiger partial charge >= 0.3 is 0 Å². The first-order valence-electron chi connectivity index (χ1n) is 6.38. The van der Waals surface area contributed by atoms with Gasteiger partial charge in [0.15, 0.2) is 0 Å². The zero-order valence-corrected chi connectivity index (χ0v) is 12.3. The SMILES string of the molecule is COc1cc(C#N)cc(-c2nc(-c3ccccn3)c(Cl)o2)c1. The van der Waals surface area contributed by atoms with Gasteiger partial charge in [0.25, 0.3) is 0 Å². The van der Waals surface area contributed by atoms with E-state index < -0.39 is 0 Å². The van der Waals surface area contributed by atoms with E-state index in [2.05, 4.69) is 16.0 Å². The molecule has 2 heterocycles. The van der Waals surface area contributed by atoms with Crippen LogP contribution < -0.4 is 4.74 Å². The van der Waals surface area contributed by atoms with Crippen LogP contribution in [0, 0.1) is 11.3 Å². The fraction of sp³-hybridized carbons (Fsp3) is 0.0625. The van der Waals surface area contributed by atoms with Crippen molar-refractivity contribution in [2.24, 2.45) is 0 Å². The quantitative estimate of drug-likeness (QED) is 0.732. The second kappa shape index (κ2) is 5.88. The number of aromatic nitrogens is 2. The molecule has 0 fully saturated rings. The number of hydrogen-bond acceptors (Lipinski definition) is 5. The number of nitrogens with zero attached hydrogens (tertiary/aromatic N) is 3. The molecule has 1 aromatic carbocycles. The van der Waals surface area contributed by atoms with Gasteiger partial charge in [0.2, 0.25) is 11.1 Å². The van der Waals surface area contributed by atoms with Crippen LogP contribution in [0.2, 0.25) is 5.22 Å². The van der Waals surface area contributed by atoms with E-state index in [-0.39, 0.29) is 5.22 Å². The molecule has 0 aliphatic rings. The molecule has 0 bridgehead atoms. The van der Waals surface area contributed by atoms with E-state index in [1.54, 1.807) is 36.5 Å². The van der Waals surface area contributed by atoms with Crippen LogP contribution in [0.5, 0.6) is 5.75 Å². The highest BCUT2D eigenvalue weighted by molar-refractivity contribution is 6.31. The fourth-order valence-corrected chi connectivity index (χ4v) is 2.20. The molecule has 0 aliphatic heterocycles. The molecule has 3 rings (SSSR count). The Kier molecular flexibility index (Phi) is 3.77. The molecule has 0 unspecified atom stereocenters. The third-order valence-corrected chi connectivity index (χ3v) is 3.27. The Labute approximate surface area is 131 Å². The number of rotatable bonds is 3. The summed E-state index contributed by atoms with van der Waals surface area (Å²) in [5.41, 5.74) is 2.13. The summed E-state index contributed by atoms with van der Waals surface area (Å²) in [5.74, 6) is 0.851. The first-order valence-corrected chi connectivity index (χ1v) is 6.76. The minimum atomic E-state index is 0.148. The molecule has 0 saturated carbocycles. The van der Waals surface area contributed by atoms with Crippen LogP contribution in [0.3, 0.4) is 0 Å². The van der Waals surface area contributed by atoms with Crippen molar-refractivity contribution in [3.05, 3.63) is 53.4 Å². The Hall–Kier alpha value is -2.84. The van der Waals surface area contributed by atoms with Gasteiger partial charge in [-0.1, -0.05) is 6.07 Å².